The number of carbonyl (C=O) groups is 1. The minimum absolute atomic E-state index is 0.0925. The van der Waals surface area contributed by atoms with Crippen LogP contribution >= 0.6 is 0 Å². The van der Waals surface area contributed by atoms with Gasteiger partial charge in [-0.2, -0.15) is 0 Å². The molecule has 1 saturated carbocycles. The summed E-state index contributed by atoms with van der Waals surface area (Å²) in [6.45, 7) is 10.1. The summed E-state index contributed by atoms with van der Waals surface area (Å²) in [6.07, 6.45) is 3.18. The lowest BCUT2D eigenvalue weighted by molar-refractivity contribution is -0.229. The Labute approximate surface area is 123 Å². The molecule has 1 amide bonds. The molecule has 0 radical (unpaired) electrons. The monoisotopic (exact) mass is 282 g/mol. The number of rotatable bonds is 4. The summed E-state index contributed by atoms with van der Waals surface area (Å²) < 4.78 is 5.86. The van der Waals surface area contributed by atoms with Gasteiger partial charge in [0.2, 0.25) is 5.91 Å². The Hall–Kier alpha value is -0.610. The molecule has 2 N–H and O–H groups in total. The lowest BCUT2D eigenvalue weighted by atomic mass is 9.46. The molecule has 0 spiro atoms. The molecule has 3 atom stereocenters. The molecule has 1 heterocycles. The molecular weight excluding hydrogens is 252 g/mol. The number of fused-ring (bicyclic) bond motifs is 1. The van der Waals surface area contributed by atoms with Gasteiger partial charge in [-0.1, -0.05) is 27.7 Å². The standard InChI is InChI=1S/C16H30N2O2/c1-11(2)8-9-18(5)14(19)16(17)12-7-6-10-20-13(12)15(16,3)4/h11-13H,6-10,17H2,1-5H3. The Kier molecular flexibility index (Phi) is 4.18. The highest BCUT2D eigenvalue weighted by atomic mass is 16.5. The van der Waals surface area contributed by atoms with Gasteiger partial charge in [0.25, 0.3) is 0 Å². The molecule has 2 rings (SSSR count). The fourth-order valence-corrected chi connectivity index (χ4v) is 3.88. The molecular formula is C16H30N2O2. The molecule has 3 unspecified atom stereocenters. The van der Waals surface area contributed by atoms with Crippen molar-refractivity contribution in [2.24, 2.45) is 23.0 Å². The van der Waals surface area contributed by atoms with Crippen LogP contribution in [0.1, 0.15) is 47.0 Å². The first-order chi connectivity index (χ1) is 9.23. The molecule has 2 fully saturated rings. The highest BCUT2D eigenvalue weighted by Gasteiger charge is 2.70. The number of hydrogen-bond donors (Lipinski definition) is 1. The van der Waals surface area contributed by atoms with Crippen molar-refractivity contribution in [1.29, 1.82) is 0 Å². The van der Waals surface area contributed by atoms with Crippen LogP contribution in [0.25, 0.3) is 0 Å². The first kappa shape index (κ1) is 15.8. The molecule has 0 aromatic carbocycles. The van der Waals surface area contributed by atoms with Gasteiger partial charge in [0, 0.05) is 31.5 Å². The number of nitrogens with zero attached hydrogens (tertiary/aromatic N) is 1. The molecule has 0 aromatic rings. The van der Waals surface area contributed by atoms with Crippen LogP contribution in [0, 0.1) is 17.3 Å². The van der Waals surface area contributed by atoms with E-state index in [1.54, 1.807) is 0 Å². The maximum atomic E-state index is 12.9. The first-order valence-corrected chi connectivity index (χ1v) is 7.89. The van der Waals surface area contributed by atoms with Gasteiger partial charge in [-0.05, 0) is 25.2 Å². The number of hydrogen-bond acceptors (Lipinski definition) is 3. The zero-order valence-electron chi connectivity index (χ0n) is 13.6. The molecule has 116 valence electrons. The van der Waals surface area contributed by atoms with E-state index in [4.69, 9.17) is 10.5 Å². The Morgan fingerprint density at radius 2 is 2.10 bits per heavy atom. The summed E-state index contributed by atoms with van der Waals surface area (Å²) in [5, 5.41) is 0. The molecule has 1 saturated heterocycles. The normalized spacial score (nSPS) is 35.4. The van der Waals surface area contributed by atoms with E-state index in [0.717, 1.165) is 32.4 Å². The second-order valence-corrected chi connectivity index (χ2v) is 7.54. The smallest absolute Gasteiger partial charge is 0.243 e. The van der Waals surface area contributed by atoms with Crippen LogP contribution in [-0.4, -0.2) is 42.6 Å². The van der Waals surface area contributed by atoms with Crippen molar-refractivity contribution < 1.29 is 9.53 Å². The van der Waals surface area contributed by atoms with Gasteiger partial charge < -0.3 is 15.4 Å². The number of carbonyl (C=O) groups excluding carboxylic acids is 1. The largest absolute Gasteiger partial charge is 0.377 e. The molecule has 1 aliphatic carbocycles. The van der Waals surface area contributed by atoms with Crippen molar-refractivity contribution in [3.8, 4) is 0 Å². The van der Waals surface area contributed by atoms with Gasteiger partial charge in [0.05, 0.1) is 6.10 Å². The van der Waals surface area contributed by atoms with Crippen molar-refractivity contribution in [2.45, 2.75) is 58.6 Å². The predicted molar refractivity (Wildman–Crippen MR) is 80.3 cm³/mol. The van der Waals surface area contributed by atoms with E-state index in [1.807, 2.05) is 11.9 Å². The van der Waals surface area contributed by atoms with Crippen LogP contribution in [-0.2, 0) is 9.53 Å². The summed E-state index contributed by atoms with van der Waals surface area (Å²) in [7, 11) is 1.88. The van der Waals surface area contributed by atoms with E-state index >= 15 is 0 Å². The summed E-state index contributed by atoms with van der Waals surface area (Å²) in [5.74, 6) is 0.870. The minimum atomic E-state index is -0.760. The summed E-state index contributed by atoms with van der Waals surface area (Å²) >= 11 is 0. The van der Waals surface area contributed by atoms with Crippen molar-refractivity contribution >= 4 is 5.91 Å². The average Bonchev–Trinajstić information content (AvgIpc) is 2.42. The molecule has 1 aliphatic heterocycles. The molecule has 20 heavy (non-hydrogen) atoms. The van der Waals surface area contributed by atoms with Crippen LogP contribution < -0.4 is 5.73 Å². The van der Waals surface area contributed by atoms with Gasteiger partial charge in [-0.15, -0.1) is 0 Å². The Bertz CT molecular complexity index is 381. The van der Waals surface area contributed by atoms with Gasteiger partial charge in [-0.3, -0.25) is 4.79 Å². The zero-order chi connectivity index (χ0) is 15.1. The highest BCUT2D eigenvalue weighted by Crippen LogP contribution is 2.57. The van der Waals surface area contributed by atoms with Crippen LogP contribution in [0.2, 0.25) is 0 Å². The second kappa shape index (κ2) is 5.30. The summed E-state index contributed by atoms with van der Waals surface area (Å²) in [6, 6.07) is 0. The van der Waals surface area contributed by atoms with Crippen molar-refractivity contribution in [1.82, 2.24) is 4.90 Å². The number of ether oxygens (including phenoxy) is 1. The molecule has 2 aliphatic rings. The van der Waals surface area contributed by atoms with E-state index in [-0.39, 0.29) is 23.3 Å². The third-order valence-corrected chi connectivity index (χ3v) is 5.43. The molecule has 4 nitrogen and oxygen atoms in total. The molecule has 4 heteroatoms. The van der Waals surface area contributed by atoms with E-state index in [0.29, 0.717) is 5.92 Å². The van der Waals surface area contributed by atoms with Crippen molar-refractivity contribution in [3.63, 3.8) is 0 Å². The van der Waals surface area contributed by atoms with Crippen LogP contribution in [0.5, 0.6) is 0 Å². The Balaban J connectivity index is 2.11. The Morgan fingerprint density at radius 3 is 2.70 bits per heavy atom. The van der Waals surface area contributed by atoms with E-state index < -0.39 is 5.54 Å². The van der Waals surface area contributed by atoms with Crippen molar-refractivity contribution in [3.05, 3.63) is 0 Å². The van der Waals surface area contributed by atoms with Gasteiger partial charge in [0.15, 0.2) is 0 Å². The first-order valence-electron chi connectivity index (χ1n) is 7.89. The number of nitrogens with two attached hydrogens (primary N) is 1. The number of amides is 1. The Morgan fingerprint density at radius 1 is 1.45 bits per heavy atom. The second-order valence-electron chi connectivity index (χ2n) is 7.54. The van der Waals surface area contributed by atoms with Gasteiger partial charge >= 0.3 is 0 Å². The topological polar surface area (TPSA) is 55.6 Å². The van der Waals surface area contributed by atoms with Crippen LogP contribution in [0.4, 0.5) is 0 Å². The van der Waals surface area contributed by atoms with Gasteiger partial charge in [-0.25, -0.2) is 0 Å². The van der Waals surface area contributed by atoms with Crippen LogP contribution in [0.3, 0.4) is 0 Å². The van der Waals surface area contributed by atoms with Crippen LogP contribution in [0.15, 0.2) is 0 Å². The van der Waals surface area contributed by atoms with E-state index in [2.05, 4.69) is 27.7 Å². The van der Waals surface area contributed by atoms with E-state index in [9.17, 15) is 4.79 Å². The lowest BCUT2D eigenvalue weighted by Crippen LogP contribution is -2.82. The quantitative estimate of drug-likeness (QED) is 0.858. The molecule has 0 aromatic heterocycles. The summed E-state index contributed by atoms with van der Waals surface area (Å²) in [4.78, 5) is 14.7. The van der Waals surface area contributed by atoms with Crippen molar-refractivity contribution in [2.75, 3.05) is 20.2 Å². The minimum Gasteiger partial charge on any atom is -0.377 e. The maximum absolute atomic E-state index is 12.9. The third kappa shape index (κ3) is 2.17. The average molecular weight is 282 g/mol. The van der Waals surface area contributed by atoms with E-state index in [1.165, 1.54) is 0 Å². The number of likely N-dealkylation sites (N-methyl/N-ethyl adjacent to an activating group) is 1. The predicted octanol–water partition coefficient (Wildman–Crippen LogP) is 2.02. The fourth-order valence-electron chi connectivity index (χ4n) is 3.88. The lowest BCUT2D eigenvalue weighted by Gasteiger charge is -2.65. The highest BCUT2D eigenvalue weighted by molar-refractivity contribution is 5.89. The maximum Gasteiger partial charge on any atom is 0.243 e. The third-order valence-electron chi connectivity index (χ3n) is 5.43. The molecule has 0 bridgehead atoms. The SMILES string of the molecule is CC(C)CCN(C)C(=O)C1(N)C2CCCOC2C1(C)C. The fraction of sp³-hybridized carbons (Fsp3) is 0.938. The zero-order valence-corrected chi connectivity index (χ0v) is 13.6. The van der Waals surface area contributed by atoms with Gasteiger partial charge in [0.1, 0.15) is 5.54 Å². The summed E-state index contributed by atoms with van der Waals surface area (Å²) in [5.41, 5.74) is 5.58.